The molecule has 0 spiro atoms. The van der Waals surface area contributed by atoms with Crippen LogP contribution in [0.15, 0.2) is 23.0 Å². The van der Waals surface area contributed by atoms with Gasteiger partial charge in [0.15, 0.2) is 0 Å². The minimum Gasteiger partial charge on any atom is -0.393 e. The number of fused-ring (bicyclic) bond motifs is 2. The number of carbonyl (C=O) groups is 1. The van der Waals surface area contributed by atoms with E-state index in [1.54, 1.807) is 29.7 Å². The van der Waals surface area contributed by atoms with Gasteiger partial charge in [-0.15, -0.1) is 0 Å². The molecule has 25 heavy (non-hydrogen) atoms. The predicted molar refractivity (Wildman–Crippen MR) is 96.8 cm³/mol. The van der Waals surface area contributed by atoms with Crippen LogP contribution in [0.3, 0.4) is 0 Å². The minimum atomic E-state index is -0.446. The lowest BCUT2D eigenvalue weighted by Crippen LogP contribution is -2.28. The molecule has 2 N–H and O–H groups in total. The van der Waals surface area contributed by atoms with Crippen LogP contribution in [-0.4, -0.2) is 33.2 Å². The Kier molecular flexibility index (Phi) is 5.48. The number of carbonyl (C=O) groups excluding carboxylic acids is 1. The average Bonchev–Trinajstić information content (AvgIpc) is 2.56. The SMILES string of the molecule is CC(O)CCNC(=O)c1ccc2c(=O)n3c(nc2c1)CCCCCC3. The lowest BCUT2D eigenvalue weighted by atomic mass is 10.1. The van der Waals surface area contributed by atoms with Crippen LogP contribution in [-0.2, 0) is 13.0 Å². The zero-order valence-corrected chi connectivity index (χ0v) is 14.6. The molecular formula is C19H25N3O3. The summed E-state index contributed by atoms with van der Waals surface area (Å²) in [6, 6.07) is 5.05. The highest BCUT2D eigenvalue weighted by atomic mass is 16.3. The molecule has 1 aliphatic rings. The largest absolute Gasteiger partial charge is 0.393 e. The first-order valence-electron chi connectivity index (χ1n) is 9.06. The lowest BCUT2D eigenvalue weighted by Gasteiger charge is -2.16. The van der Waals surface area contributed by atoms with Crippen LogP contribution in [0.5, 0.6) is 0 Å². The molecule has 0 fully saturated rings. The molecule has 2 heterocycles. The number of nitrogens with one attached hydrogen (secondary N) is 1. The second-order valence-corrected chi connectivity index (χ2v) is 6.77. The van der Waals surface area contributed by atoms with Crippen molar-refractivity contribution < 1.29 is 9.90 Å². The van der Waals surface area contributed by atoms with Gasteiger partial charge in [-0.3, -0.25) is 14.2 Å². The van der Waals surface area contributed by atoms with Gasteiger partial charge in [0, 0.05) is 25.1 Å². The summed E-state index contributed by atoms with van der Waals surface area (Å²) < 4.78 is 1.80. The van der Waals surface area contributed by atoms with Crippen molar-refractivity contribution in [3.63, 3.8) is 0 Å². The number of aliphatic hydroxyl groups excluding tert-OH is 1. The van der Waals surface area contributed by atoms with Crippen molar-refractivity contribution >= 4 is 16.8 Å². The number of rotatable bonds is 4. The molecule has 1 unspecified atom stereocenters. The maximum Gasteiger partial charge on any atom is 0.261 e. The Morgan fingerprint density at radius 3 is 2.92 bits per heavy atom. The van der Waals surface area contributed by atoms with Crippen molar-refractivity contribution in [1.29, 1.82) is 0 Å². The number of amides is 1. The van der Waals surface area contributed by atoms with E-state index in [0.29, 0.717) is 29.4 Å². The van der Waals surface area contributed by atoms with Crippen LogP contribution in [0.4, 0.5) is 0 Å². The van der Waals surface area contributed by atoms with Crippen molar-refractivity contribution in [3.05, 3.63) is 39.9 Å². The van der Waals surface area contributed by atoms with E-state index in [4.69, 9.17) is 0 Å². The third-order valence-corrected chi connectivity index (χ3v) is 4.68. The van der Waals surface area contributed by atoms with E-state index in [9.17, 15) is 14.7 Å². The van der Waals surface area contributed by atoms with Gasteiger partial charge in [0.1, 0.15) is 5.82 Å². The maximum atomic E-state index is 12.8. The number of aromatic nitrogens is 2. The molecule has 2 aromatic rings. The van der Waals surface area contributed by atoms with Crippen molar-refractivity contribution in [1.82, 2.24) is 14.9 Å². The highest BCUT2D eigenvalue weighted by Gasteiger charge is 2.14. The highest BCUT2D eigenvalue weighted by molar-refractivity contribution is 5.97. The van der Waals surface area contributed by atoms with E-state index in [1.165, 1.54) is 6.42 Å². The Bertz CT molecular complexity index is 827. The molecular weight excluding hydrogens is 318 g/mol. The number of aliphatic hydroxyl groups is 1. The quantitative estimate of drug-likeness (QED) is 0.889. The fourth-order valence-electron chi connectivity index (χ4n) is 3.23. The van der Waals surface area contributed by atoms with Crippen LogP contribution < -0.4 is 10.9 Å². The number of aryl methyl sites for hydroxylation is 1. The summed E-state index contributed by atoms with van der Waals surface area (Å²) in [6.45, 7) is 2.82. The van der Waals surface area contributed by atoms with Gasteiger partial charge in [0.05, 0.1) is 17.0 Å². The van der Waals surface area contributed by atoms with Gasteiger partial charge < -0.3 is 10.4 Å². The van der Waals surface area contributed by atoms with Crippen LogP contribution in [0, 0.1) is 0 Å². The molecule has 6 nitrogen and oxygen atoms in total. The van der Waals surface area contributed by atoms with Gasteiger partial charge in [-0.2, -0.15) is 0 Å². The number of hydrogen-bond acceptors (Lipinski definition) is 4. The molecule has 1 atom stereocenters. The van der Waals surface area contributed by atoms with Crippen LogP contribution in [0.25, 0.3) is 10.9 Å². The molecule has 0 saturated carbocycles. The van der Waals surface area contributed by atoms with Crippen molar-refractivity contribution in [3.8, 4) is 0 Å². The molecule has 1 aliphatic heterocycles. The van der Waals surface area contributed by atoms with E-state index >= 15 is 0 Å². The number of nitrogens with zero attached hydrogens (tertiary/aromatic N) is 2. The van der Waals surface area contributed by atoms with Gasteiger partial charge in [-0.25, -0.2) is 4.98 Å². The van der Waals surface area contributed by atoms with Gasteiger partial charge in [-0.05, 0) is 44.4 Å². The van der Waals surface area contributed by atoms with E-state index in [2.05, 4.69) is 10.3 Å². The van der Waals surface area contributed by atoms with Crippen LogP contribution >= 0.6 is 0 Å². The molecule has 1 aromatic heterocycles. The first kappa shape index (κ1) is 17.6. The van der Waals surface area contributed by atoms with Gasteiger partial charge in [-0.1, -0.05) is 12.8 Å². The zero-order chi connectivity index (χ0) is 17.8. The number of benzene rings is 1. The summed E-state index contributed by atoms with van der Waals surface area (Å²) >= 11 is 0. The highest BCUT2D eigenvalue weighted by Crippen LogP contribution is 2.16. The summed E-state index contributed by atoms with van der Waals surface area (Å²) in [7, 11) is 0. The fourth-order valence-corrected chi connectivity index (χ4v) is 3.23. The number of hydrogen-bond donors (Lipinski definition) is 2. The predicted octanol–water partition coefficient (Wildman–Crippen LogP) is 2.01. The molecule has 134 valence electrons. The Morgan fingerprint density at radius 1 is 1.32 bits per heavy atom. The zero-order valence-electron chi connectivity index (χ0n) is 14.6. The van der Waals surface area contributed by atoms with E-state index in [-0.39, 0.29) is 11.5 Å². The molecule has 0 radical (unpaired) electrons. The minimum absolute atomic E-state index is 0.0111. The summed E-state index contributed by atoms with van der Waals surface area (Å²) in [4.78, 5) is 29.7. The van der Waals surface area contributed by atoms with E-state index in [0.717, 1.165) is 38.1 Å². The standard InChI is InChI=1S/C19H25N3O3/c1-13(23)9-10-20-18(24)14-7-8-15-16(12-14)21-17-6-4-2-3-5-11-22(17)19(15)25/h7-8,12-13,23H,2-6,9-11H2,1H3,(H,20,24). The summed E-state index contributed by atoms with van der Waals surface area (Å²) in [5.41, 5.74) is 1.06. The van der Waals surface area contributed by atoms with Gasteiger partial charge >= 0.3 is 0 Å². The molecule has 6 heteroatoms. The third-order valence-electron chi connectivity index (χ3n) is 4.68. The van der Waals surface area contributed by atoms with Crippen molar-refractivity contribution in [2.75, 3.05) is 6.54 Å². The second-order valence-electron chi connectivity index (χ2n) is 6.77. The van der Waals surface area contributed by atoms with E-state index in [1.807, 2.05) is 0 Å². The van der Waals surface area contributed by atoms with Gasteiger partial charge in [0.2, 0.25) is 0 Å². The summed E-state index contributed by atoms with van der Waals surface area (Å²) in [5, 5.41) is 12.6. The molecule has 3 rings (SSSR count). The van der Waals surface area contributed by atoms with Crippen molar-refractivity contribution in [2.45, 2.75) is 58.1 Å². The topological polar surface area (TPSA) is 84.2 Å². The Morgan fingerprint density at radius 2 is 2.12 bits per heavy atom. The molecule has 1 amide bonds. The lowest BCUT2D eigenvalue weighted by molar-refractivity contribution is 0.0945. The summed E-state index contributed by atoms with van der Waals surface area (Å²) in [6.07, 6.45) is 5.22. The average molecular weight is 343 g/mol. The second kappa shape index (κ2) is 7.78. The third kappa shape index (κ3) is 4.07. The Hall–Kier alpha value is -2.21. The molecule has 0 aliphatic carbocycles. The first-order chi connectivity index (χ1) is 12.1. The normalized spacial score (nSPS) is 15.9. The molecule has 0 saturated heterocycles. The Balaban J connectivity index is 1.90. The maximum absolute atomic E-state index is 12.8. The fraction of sp³-hybridized carbons (Fsp3) is 0.526. The summed E-state index contributed by atoms with van der Waals surface area (Å²) in [5.74, 6) is 0.611. The van der Waals surface area contributed by atoms with E-state index < -0.39 is 6.10 Å². The van der Waals surface area contributed by atoms with Crippen LogP contribution in [0.2, 0.25) is 0 Å². The first-order valence-corrected chi connectivity index (χ1v) is 9.06. The Labute approximate surface area is 146 Å². The molecule has 0 bridgehead atoms. The monoisotopic (exact) mass is 343 g/mol. The smallest absolute Gasteiger partial charge is 0.261 e. The van der Waals surface area contributed by atoms with Gasteiger partial charge in [0.25, 0.3) is 11.5 Å². The molecule has 1 aromatic carbocycles. The van der Waals surface area contributed by atoms with Crippen molar-refractivity contribution in [2.24, 2.45) is 0 Å². The van der Waals surface area contributed by atoms with Crippen LogP contribution in [0.1, 0.15) is 55.2 Å².